The molecule has 0 radical (unpaired) electrons. The number of nitrogens with zero attached hydrogens (tertiary/aromatic N) is 1. The minimum atomic E-state index is -3.58. The Kier molecular flexibility index (Phi) is 5.14. The van der Waals surface area contributed by atoms with Crippen molar-refractivity contribution >= 4 is 10.0 Å². The zero-order valence-corrected chi connectivity index (χ0v) is 12.0. The Labute approximate surface area is 115 Å². The molecule has 0 unspecified atom stereocenters. The van der Waals surface area contributed by atoms with E-state index in [1.165, 1.54) is 4.31 Å². The predicted octanol–water partition coefficient (Wildman–Crippen LogP) is 2.35. The maximum Gasteiger partial charge on any atom is 0.244 e. The predicted molar refractivity (Wildman–Crippen MR) is 77.1 cm³/mol. The molecule has 19 heavy (non-hydrogen) atoms. The first-order valence-corrected chi connectivity index (χ1v) is 7.21. The maximum absolute atomic E-state index is 12.5. The van der Waals surface area contributed by atoms with Crippen LogP contribution in [-0.2, 0) is 10.0 Å². The van der Waals surface area contributed by atoms with Crippen LogP contribution < -0.4 is 0 Å². The summed E-state index contributed by atoms with van der Waals surface area (Å²) in [6, 6.07) is 6.69. The lowest BCUT2D eigenvalue weighted by Crippen LogP contribution is -2.32. The van der Waals surface area contributed by atoms with Gasteiger partial charge < -0.3 is 0 Å². The van der Waals surface area contributed by atoms with Crippen LogP contribution in [0.4, 0.5) is 0 Å². The lowest BCUT2D eigenvalue weighted by molar-refractivity contribution is 0.471. The van der Waals surface area contributed by atoms with Crippen LogP contribution in [0.25, 0.3) is 0 Å². The summed E-state index contributed by atoms with van der Waals surface area (Å²) in [5.41, 5.74) is 4.41. The lowest BCUT2D eigenvalue weighted by Gasteiger charge is -2.19. The van der Waals surface area contributed by atoms with Crippen molar-refractivity contribution in [2.24, 2.45) is 0 Å². The molecule has 0 atom stereocenters. The van der Waals surface area contributed by atoms with Crippen molar-refractivity contribution in [3.05, 3.63) is 47.7 Å². The highest BCUT2D eigenvalue weighted by molar-refractivity contribution is 7.89. The van der Waals surface area contributed by atoms with E-state index in [1.807, 2.05) is 6.92 Å². The topological polar surface area (TPSA) is 37.4 Å². The summed E-state index contributed by atoms with van der Waals surface area (Å²) in [6.07, 6.45) is 5.24. The molecule has 0 bridgehead atoms. The summed E-state index contributed by atoms with van der Waals surface area (Å²) in [4.78, 5) is 0.241. The molecular weight excluding hydrogens is 258 g/mol. The Balaban J connectivity index is 3.16. The van der Waals surface area contributed by atoms with E-state index in [9.17, 15) is 8.42 Å². The fourth-order valence-corrected chi connectivity index (χ4v) is 2.89. The van der Waals surface area contributed by atoms with E-state index in [2.05, 4.69) is 18.2 Å². The number of hydrogen-bond donors (Lipinski definition) is 0. The SMILES string of the molecule is C#CCN(CC(C)=C=C)S(=O)(=O)c1ccc(C)cc1. The molecule has 0 saturated heterocycles. The van der Waals surface area contributed by atoms with E-state index in [-0.39, 0.29) is 18.0 Å². The fraction of sp³-hybridized carbons (Fsp3) is 0.267. The van der Waals surface area contributed by atoms with Gasteiger partial charge in [0.05, 0.1) is 11.4 Å². The summed E-state index contributed by atoms with van der Waals surface area (Å²) in [6.45, 7) is 7.39. The van der Waals surface area contributed by atoms with E-state index in [0.717, 1.165) is 11.1 Å². The quantitative estimate of drug-likeness (QED) is 0.611. The largest absolute Gasteiger partial charge is 0.244 e. The highest BCUT2D eigenvalue weighted by Crippen LogP contribution is 2.17. The number of aryl methyl sites for hydroxylation is 1. The molecule has 0 aliphatic heterocycles. The second kappa shape index (κ2) is 6.40. The zero-order chi connectivity index (χ0) is 14.5. The Morgan fingerprint density at radius 3 is 2.42 bits per heavy atom. The molecule has 0 aromatic heterocycles. The number of hydrogen-bond acceptors (Lipinski definition) is 2. The van der Waals surface area contributed by atoms with Gasteiger partial charge >= 0.3 is 0 Å². The molecule has 0 aliphatic rings. The molecule has 0 amide bonds. The van der Waals surface area contributed by atoms with E-state index in [4.69, 9.17) is 6.42 Å². The molecule has 1 aromatic carbocycles. The molecule has 3 nitrogen and oxygen atoms in total. The summed E-state index contributed by atoms with van der Waals surface area (Å²) in [7, 11) is -3.58. The summed E-state index contributed by atoms with van der Waals surface area (Å²) in [5, 5.41) is 0. The van der Waals surface area contributed by atoms with Crippen molar-refractivity contribution in [1.82, 2.24) is 4.31 Å². The number of rotatable bonds is 5. The van der Waals surface area contributed by atoms with Gasteiger partial charge in [-0.1, -0.05) is 30.2 Å². The van der Waals surface area contributed by atoms with Gasteiger partial charge in [-0.3, -0.25) is 0 Å². The van der Waals surface area contributed by atoms with Gasteiger partial charge in [0.1, 0.15) is 0 Å². The average Bonchev–Trinajstić information content (AvgIpc) is 2.38. The molecule has 1 rings (SSSR count). The molecular formula is C15H17NO2S. The number of sulfonamides is 1. The molecule has 0 saturated carbocycles. The summed E-state index contributed by atoms with van der Waals surface area (Å²) >= 11 is 0. The molecule has 4 heteroatoms. The minimum absolute atomic E-state index is 0.0230. The standard InChI is InChI=1S/C15H17NO2S/c1-5-11-16(12-13(3)6-2)19(17,18)15-9-7-14(4)8-10-15/h1,7-10H,2,11-12H2,3-4H3. The first-order chi connectivity index (χ1) is 8.91. The molecule has 100 valence electrons. The van der Waals surface area contributed by atoms with Crippen LogP contribution in [0.15, 0.2) is 47.0 Å². The van der Waals surface area contributed by atoms with Crippen LogP contribution in [0, 0.1) is 19.3 Å². The molecule has 0 fully saturated rings. The highest BCUT2D eigenvalue weighted by atomic mass is 32.2. The van der Waals surface area contributed by atoms with E-state index >= 15 is 0 Å². The third-order valence-electron chi connectivity index (χ3n) is 2.64. The van der Waals surface area contributed by atoms with Crippen LogP contribution in [-0.4, -0.2) is 25.8 Å². The van der Waals surface area contributed by atoms with E-state index < -0.39 is 10.0 Å². The second-order valence-electron chi connectivity index (χ2n) is 4.25. The van der Waals surface area contributed by atoms with Crippen LogP contribution in [0.1, 0.15) is 12.5 Å². The maximum atomic E-state index is 12.5. The van der Waals surface area contributed by atoms with Gasteiger partial charge in [0.25, 0.3) is 0 Å². The molecule has 1 aromatic rings. The van der Waals surface area contributed by atoms with Crippen molar-refractivity contribution < 1.29 is 8.42 Å². The van der Waals surface area contributed by atoms with Crippen molar-refractivity contribution in [2.45, 2.75) is 18.7 Å². The van der Waals surface area contributed by atoms with Crippen molar-refractivity contribution in [2.75, 3.05) is 13.1 Å². The Morgan fingerprint density at radius 1 is 1.37 bits per heavy atom. The normalized spacial score (nSPS) is 10.8. The van der Waals surface area contributed by atoms with Crippen LogP contribution in [0.5, 0.6) is 0 Å². The van der Waals surface area contributed by atoms with Gasteiger partial charge in [-0.15, -0.1) is 12.2 Å². The van der Waals surface area contributed by atoms with Gasteiger partial charge in [-0.05, 0) is 31.6 Å². The van der Waals surface area contributed by atoms with Gasteiger partial charge in [0, 0.05) is 6.54 Å². The number of terminal acetylenes is 1. The van der Waals surface area contributed by atoms with Crippen LogP contribution in [0.3, 0.4) is 0 Å². The second-order valence-corrected chi connectivity index (χ2v) is 6.19. The van der Waals surface area contributed by atoms with Crippen molar-refractivity contribution in [3.8, 4) is 12.3 Å². The van der Waals surface area contributed by atoms with Gasteiger partial charge in [0.2, 0.25) is 10.0 Å². The Morgan fingerprint density at radius 2 is 1.95 bits per heavy atom. The lowest BCUT2D eigenvalue weighted by atomic mass is 10.2. The first-order valence-electron chi connectivity index (χ1n) is 5.77. The summed E-state index contributed by atoms with van der Waals surface area (Å²) < 4.78 is 26.1. The third-order valence-corrected chi connectivity index (χ3v) is 4.45. The van der Waals surface area contributed by atoms with Crippen LogP contribution in [0.2, 0.25) is 0 Å². The van der Waals surface area contributed by atoms with E-state index in [0.29, 0.717) is 0 Å². The average molecular weight is 275 g/mol. The molecule has 0 spiro atoms. The third kappa shape index (κ3) is 3.84. The molecule has 0 N–H and O–H groups in total. The monoisotopic (exact) mass is 275 g/mol. The van der Waals surface area contributed by atoms with E-state index in [1.54, 1.807) is 31.2 Å². The molecule has 0 heterocycles. The smallest absolute Gasteiger partial charge is 0.207 e. The van der Waals surface area contributed by atoms with Crippen molar-refractivity contribution in [1.29, 1.82) is 0 Å². The van der Waals surface area contributed by atoms with Gasteiger partial charge in [-0.25, -0.2) is 8.42 Å². The molecule has 0 aliphatic carbocycles. The fourth-order valence-electron chi connectivity index (χ4n) is 1.51. The Bertz CT molecular complexity index is 630. The highest BCUT2D eigenvalue weighted by Gasteiger charge is 2.23. The number of benzene rings is 1. The summed E-state index contributed by atoms with van der Waals surface area (Å²) in [5.74, 6) is 2.37. The van der Waals surface area contributed by atoms with Crippen molar-refractivity contribution in [3.63, 3.8) is 0 Å². The Hall–Kier alpha value is -1.79. The van der Waals surface area contributed by atoms with Gasteiger partial charge in [-0.2, -0.15) is 4.31 Å². The minimum Gasteiger partial charge on any atom is -0.207 e. The van der Waals surface area contributed by atoms with Crippen LogP contribution >= 0.6 is 0 Å². The van der Waals surface area contributed by atoms with Gasteiger partial charge in [0.15, 0.2) is 0 Å². The first kappa shape index (κ1) is 15.3. The zero-order valence-electron chi connectivity index (χ0n) is 11.2.